The van der Waals surface area contributed by atoms with Gasteiger partial charge in [-0.25, -0.2) is 4.79 Å². The van der Waals surface area contributed by atoms with E-state index < -0.39 is 24.1 Å². The van der Waals surface area contributed by atoms with Crippen molar-refractivity contribution in [3.63, 3.8) is 0 Å². The monoisotopic (exact) mass is 399 g/mol. The Morgan fingerprint density at radius 2 is 2.07 bits per heavy atom. The Balaban J connectivity index is 1.73. The van der Waals surface area contributed by atoms with E-state index in [4.69, 9.17) is 0 Å². The molecule has 2 fully saturated rings. The Hall–Kier alpha value is -1.13. The molecule has 0 aliphatic carbocycles. The van der Waals surface area contributed by atoms with Gasteiger partial charge >= 0.3 is 5.97 Å². The minimum Gasteiger partial charge on any atom is -0.477 e. The molecular formula is C18H29N3O5S. The van der Waals surface area contributed by atoms with Crippen LogP contribution in [-0.4, -0.2) is 93.7 Å². The number of amides is 1. The zero-order valence-corrected chi connectivity index (χ0v) is 16.9. The lowest BCUT2D eigenvalue weighted by molar-refractivity contribution is -0.163. The van der Waals surface area contributed by atoms with Crippen molar-refractivity contribution >= 4 is 23.6 Å². The summed E-state index contributed by atoms with van der Waals surface area (Å²) in [7, 11) is 3.82. The molecule has 0 bridgehead atoms. The first-order valence-electron chi connectivity index (χ1n) is 9.34. The lowest BCUT2D eigenvalue weighted by Crippen LogP contribution is -2.63. The third-order valence-corrected chi connectivity index (χ3v) is 7.26. The molecule has 27 heavy (non-hydrogen) atoms. The molecule has 3 rings (SSSR count). The van der Waals surface area contributed by atoms with Gasteiger partial charge in [-0.3, -0.25) is 4.79 Å². The van der Waals surface area contributed by atoms with Crippen molar-refractivity contribution in [1.82, 2.24) is 15.1 Å². The number of hydrogen-bond donors (Lipinski definition) is 4. The minimum absolute atomic E-state index is 0.0284. The number of nitrogens with zero attached hydrogens (tertiary/aromatic N) is 2. The van der Waals surface area contributed by atoms with Gasteiger partial charge in [0.15, 0.2) is 0 Å². The largest absolute Gasteiger partial charge is 0.477 e. The molecule has 0 aromatic rings. The van der Waals surface area contributed by atoms with Crippen molar-refractivity contribution in [3.8, 4) is 0 Å². The van der Waals surface area contributed by atoms with Gasteiger partial charge in [0, 0.05) is 35.2 Å². The Morgan fingerprint density at radius 1 is 1.41 bits per heavy atom. The number of likely N-dealkylation sites (N-methyl/N-ethyl adjacent to an activating group) is 1. The van der Waals surface area contributed by atoms with E-state index in [1.54, 1.807) is 6.92 Å². The fraction of sp³-hybridized carbons (Fsp3) is 0.778. The summed E-state index contributed by atoms with van der Waals surface area (Å²) in [4.78, 5) is 28.2. The number of hydrogen-bond acceptors (Lipinski definition) is 7. The second kappa shape index (κ2) is 7.71. The molecule has 1 amide bonds. The summed E-state index contributed by atoms with van der Waals surface area (Å²) in [6.45, 7) is 4.75. The van der Waals surface area contributed by atoms with Gasteiger partial charge in [0.2, 0.25) is 5.91 Å². The highest BCUT2D eigenvalue weighted by Crippen LogP contribution is 2.51. The minimum atomic E-state index is -1.10. The Bertz CT molecular complexity index is 653. The van der Waals surface area contributed by atoms with E-state index in [1.807, 2.05) is 25.9 Å². The molecule has 4 unspecified atom stereocenters. The molecule has 9 heteroatoms. The van der Waals surface area contributed by atoms with E-state index in [0.717, 1.165) is 6.42 Å². The van der Waals surface area contributed by atoms with E-state index in [1.165, 1.54) is 16.7 Å². The molecule has 0 radical (unpaired) electrons. The third-order valence-electron chi connectivity index (χ3n) is 5.75. The standard InChI is InChI=1S/C18H29N3O5S/c1-8-14-13(9(2)22)17(24)21(14)15(18(25)26)16(8)27-10-5-11(19-6-10)12(23)7-20(3)4/h8-14,19,22-23H,5-7H2,1-4H3,(H,25,26)/t8-,9-,10+,11?,12?,13?,14?/m1/s1. The highest BCUT2D eigenvalue weighted by Gasteiger charge is 2.60. The number of aliphatic hydroxyl groups excluding tert-OH is 2. The third kappa shape index (κ3) is 3.63. The van der Waals surface area contributed by atoms with Crippen molar-refractivity contribution < 1.29 is 24.9 Å². The van der Waals surface area contributed by atoms with Gasteiger partial charge in [0.1, 0.15) is 5.70 Å². The summed E-state index contributed by atoms with van der Waals surface area (Å²) in [6, 6.07) is -0.310. The molecule has 3 aliphatic heterocycles. The smallest absolute Gasteiger partial charge is 0.353 e. The quantitative estimate of drug-likeness (QED) is 0.425. The normalized spacial score (nSPS) is 35.4. The number of aliphatic hydroxyl groups is 2. The first-order chi connectivity index (χ1) is 12.6. The van der Waals surface area contributed by atoms with Crippen LogP contribution in [-0.2, 0) is 9.59 Å². The van der Waals surface area contributed by atoms with Crippen molar-refractivity contribution in [3.05, 3.63) is 10.6 Å². The van der Waals surface area contributed by atoms with Gasteiger partial charge in [-0.1, -0.05) is 6.92 Å². The van der Waals surface area contributed by atoms with Crippen LogP contribution in [0.2, 0.25) is 0 Å². The van der Waals surface area contributed by atoms with Crippen LogP contribution < -0.4 is 5.32 Å². The molecule has 3 heterocycles. The second-order valence-electron chi connectivity index (χ2n) is 8.09. The Morgan fingerprint density at radius 3 is 2.63 bits per heavy atom. The number of thioether (sulfide) groups is 1. The molecule has 152 valence electrons. The topological polar surface area (TPSA) is 113 Å². The van der Waals surface area contributed by atoms with Gasteiger partial charge in [0.05, 0.1) is 24.2 Å². The zero-order chi connectivity index (χ0) is 20.0. The number of carboxylic acid groups (broad SMARTS) is 1. The fourth-order valence-corrected chi connectivity index (χ4v) is 5.97. The van der Waals surface area contributed by atoms with Crippen LogP contribution in [0.3, 0.4) is 0 Å². The Labute approximate surface area is 163 Å². The van der Waals surface area contributed by atoms with Gasteiger partial charge in [-0.2, -0.15) is 0 Å². The average Bonchev–Trinajstić information content (AvgIpc) is 3.10. The summed E-state index contributed by atoms with van der Waals surface area (Å²) < 4.78 is 0. The van der Waals surface area contributed by atoms with E-state index in [2.05, 4.69) is 5.32 Å². The maximum atomic E-state index is 12.4. The number of β-lactam (4-membered cyclic amide) rings is 1. The predicted molar refractivity (Wildman–Crippen MR) is 102 cm³/mol. The first kappa shape index (κ1) is 20.6. The molecule has 0 aromatic carbocycles. The average molecular weight is 400 g/mol. The molecule has 7 atom stereocenters. The lowest BCUT2D eigenvalue weighted by Gasteiger charge is -2.46. The van der Waals surface area contributed by atoms with Gasteiger partial charge in [0.25, 0.3) is 0 Å². The summed E-state index contributed by atoms with van der Waals surface area (Å²) in [5.74, 6) is -2.06. The van der Waals surface area contributed by atoms with Crippen molar-refractivity contribution in [2.24, 2.45) is 11.8 Å². The number of nitrogens with one attached hydrogen (secondary N) is 1. The molecule has 8 nitrogen and oxygen atoms in total. The van der Waals surface area contributed by atoms with Crippen LogP contribution >= 0.6 is 11.8 Å². The predicted octanol–water partition coefficient (Wildman–Crippen LogP) is -0.474. The molecule has 0 spiro atoms. The maximum Gasteiger partial charge on any atom is 0.353 e. The summed E-state index contributed by atoms with van der Waals surface area (Å²) in [5.41, 5.74) is 0.0664. The first-order valence-corrected chi connectivity index (χ1v) is 10.2. The van der Waals surface area contributed by atoms with Gasteiger partial charge in [-0.05, 0) is 27.4 Å². The zero-order valence-electron chi connectivity index (χ0n) is 16.1. The molecule has 4 N–H and O–H groups in total. The molecular weight excluding hydrogens is 370 g/mol. The SMILES string of the molecule is C[C@@H](O)C1C(=O)N2C(C(=O)O)=C(S[C@@H]3CNC(C(O)CN(C)C)C3)[C@H](C)C12. The fourth-order valence-electron chi connectivity index (χ4n) is 4.48. The van der Waals surface area contributed by atoms with E-state index >= 15 is 0 Å². The molecule has 0 saturated carbocycles. The van der Waals surface area contributed by atoms with Crippen LogP contribution in [0.15, 0.2) is 10.6 Å². The number of carboxylic acids is 1. The van der Waals surface area contributed by atoms with Crippen LogP contribution in [0.1, 0.15) is 20.3 Å². The van der Waals surface area contributed by atoms with Crippen LogP contribution in [0.4, 0.5) is 0 Å². The van der Waals surface area contributed by atoms with Crippen LogP contribution in [0.25, 0.3) is 0 Å². The number of carbonyl (C=O) groups is 2. The number of aliphatic carboxylic acids is 1. The van der Waals surface area contributed by atoms with Crippen LogP contribution in [0, 0.1) is 11.8 Å². The van der Waals surface area contributed by atoms with Crippen molar-refractivity contribution in [1.29, 1.82) is 0 Å². The van der Waals surface area contributed by atoms with E-state index in [-0.39, 0.29) is 34.9 Å². The van der Waals surface area contributed by atoms with Gasteiger partial charge in [-0.15, -0.1) is 11.8 Å². The molecule has 3 aliphatic rings. The highest BCUT2D eigenvalue weighted by atomic mass is 32.2. The summed E-state index contributed by atoms with van der Waals surface area (Å²) in [5, 5.41) is 33.4. The molecule has 0 aromatic heterocycles. The summed E-state index contributed by atoms with van der Waals surface area (Å²) >= 11 is 1.50. The second-order valence-corrected chi connectivity index (χ2v) is 9.43. The number of carbonyl (C=O) groups excluding carboxylic acids is 1. The van der Waals surface area contributed by atoms with Crippen molar-refractivity contribution in [2.45, 2.75) is 49.8 Å². The Kier molecular flexibility index (Phi) is 5.88. The lowest BCUT2D eigenvalue weighted by atomic mass is 9.79. The highest BCUT2D eigenvalue weighted by molar-refractivity contribution is 8.03. The maximum absolute atomic E-state index is 12.4. The van der Waals surface area contributed by atoms with Gasteiger partial charge < -0.3 is 30.4 Å². The van der Waals surface area contributed by atoms with Crippen molar-refractivity contribution in [2.75, 3.05) is 27.2 Å². The summed E-state index contributed by atoms with van der Waals surface area (Å²) in [6.07, 6.45) is -0.540. The number of rotatable bonds is 7. The molecule has 2 saturated heterocycles. The van der Waals surface area contributed by atoms with E-state index in [0.29, 0.717) is 18.0 Å². The van der Waals surface area contributed by atoms with Crippen LogP contribution in [0.5, 0.6) is 0 Å². The number of fused-ring (bicyclic) bond motifs is 1. The van der Waals surface area contributed by atoms with E-state index in [9.17, 15) is 24.9 Å².